The van der Waals surface area contributed by atoms with E-state index in [1.165, 1.54) is 11.8 Å². The quantitative estimate of drug-likeness (QED) is 0.239. The molecule has 1 aromatic heterocycles. The summed E-state index contributed by atoms with van der Waals surface area (Å²) in [5.74, 6) is 1.58. The molecule has 8 nitrogen and oxygen atoms in total. The van der Waals surface area contributed by atoms with Crippen LogP contribution < -0.4 is 25.1 Å². The standard InChI is InChI=1S/C27H24ClN3O5S/c1-3-24(25(32)29-18-8-6-17(28)7-9-18)37-27-30-21-13-23-22(35-15-36-23)12-20(21)26(33)31(27)14-16-4-10-19(34-2)11-5-16/h4-13,24H,3,14-15H2,1-2H3,(H,29,32)/t24-/m0/s1. The number of benzene rings is 3. The summed E-state index contributed by atoms with van der Waals surface area (Å²) < 4.78 is 17.8. The van der Waals surface area contributed by atoms with Crippen molar-refractivity contribution in [3.05, 3.63) is 81.6 Å². The Morgan fingerprint density at radius 3 is 2.51 bits per heavy atom. The Balaban J connectivity index is 1.52. The van der Waals surface area contributed by atoms with Gasteiger partial charge in [0.2, 0.25) is 12.7 Å². The van der Waals surface area contributed by atoms with E-state index in [4.69, 9.17) is 30.8 Å². The molecule has 0 unspecified atom stereocenters. The summed E-state index contributed by atoms with van der Waals surface area (Å²) in [5.41, 5.74) is 1.79. The van der Waals surface area contributed by atoms with Gasteiger partial charge in [0, 0.05) is 16.8 Å². The van der Waals surface area contributed by atoms with Gasteiger partial charge in [0.05, 0.1) is 29.8 Å². The Hall–Kier alpha value is -3.69. The summed E-state index contributed by atoms with van der Waals surface area (Å²) in [4.78, 5) is 31.7. The lowest BCUT2D eigenvalue weighted by molar-refractivity contribution is -0.115. The van der Waals surface area contributed by atoms with Crippen LogP contribution in [0.2, 0.25) is 5.02 Å². The highest BCUT2D eigenvalue weighted by Crippen LogP contribution is 2.35. The summed E-state index contributed by atoms with van der Waals surface area (Å²) in [6.07, 6.45) is 0.529. The van der Waals surface area contributed by atoms with Crippen molar-refractivity contribution in [2.24, 2.45) is 0 Å². The van der Waals surface area contributed by atoms with Crippen LogP contribution in [-0.4, -0.2) is 34.6 Å². The van der Waals surface area contributed by atoms with E-state index >= 15 is 0 Å². The lowest BCUT2D eigenvalue weighted by atomic mass is 10.2. The zero-order chi connectivity index (χ0) is 25.9. The number of methoxy groups -OCH3 is 1. The Bertz CT molecular complexity index is 1510. The first-order valence-electron chi connectivity index (χ1n) is 11.7. The molecule has 0 fully saturated rings. The molecule has 0 aliphatic carbocycles. The van der Waals surface area contributed by atoms with Crippen molar-refractivity contribution in [2.75, 3.05) is 19.2 Å². The lowest BCUT2D eigenvalue weighted by Crippen LogP contribution is -2.28. The average molecular weight is 538 g/mol. The van der Waals surface area contributed by atoms with Gasteiger partial charge in [0.1, 0.15) is 5.75 Å². The maximum Gasteiger partial charge on any atom is 0.262 e. The third-order valence-corrected chi connectivity index (χ3v) is 7.54. The summed E-state index contributed by atoms with van der Waals surface area (Å²) in [6, 6.07) is 17.8. The number of ether oxygens (including phenoxy) is 3. The van der Waals surface area contributed by atoms with E-state index < -0.39 is 5.25 Å². The molecule has 3 aromatic carbocycles. The number of hydrogen-bond donors (Lipinski definition) is 1. The molecule has 0 spiro atoms. The fourth-order valence-electron chi connectivity index (χ4n) is 3.94. The number of nitrogens with one attached hydrogen (secondary N) is 1. The number of carbonyl (C=O) groups is 1. The van der Waals surface area contributed by atoms with Crippen molar-refractivity contribution in [3.8, 4) is 17.2 Å². The second-order valence-corrected chi connectivity index (χ2v) is 9.97. The van der Waals surface area contributed by atoms with Crippen molar-refractivity contribution in [2.45, 2.75) is 30.3 Å². The number of rotatable bonds is 8. The van der Waals surface area contributed by atoms with Crippen LogP contribution in [0.25, 0.3) is 10.9 Å². The summed E-state index contributed by atoms with van der Waals surface area (Å²) >= 11 is 7.21. The van der Waals surface area contributed by atoms with Gasteiger partial charge in [-0.05, 0) is 54.4 Å². The molecule has 10 heteroatoms. The molecule has 1 atom stereocenters. The van der Waals surface area contributed by atoms with Crippen LogP contribution in [0.3, 0.4) is 0 Å². The third-order valence-electron chi connectivity index (χ3n) is 5.94. The van der Waals surface area contributed by atoms with E-state index in [-0.39, 0.29) is 24.8 Å². The predicted molar refractivity (Wildman–Crippen MR) is 144 cm³/mol. The molecule has 37 heavy (non-hydrogen) atoms. The molecule has 1 aliphatic rings. The predicted octanol–water partition coefficient (Wildman–Crippen LogP) is 5.34. The normalized spacial score (nSPS) is 12.9. The monoisotopic (exact) mass is 537 g/mol. The van der Waals surface area contributed by atoms with Crippen molar-refractivity contribution in [1.29, 1.82) is 0 Å². The van der Waals surface area contributed by atoms with Gasteiger partial charge in [-0.3, -0.25) is 14.2 Å². The van der Waals surface area contributed by atoms with Gasteiger partial charge in [-0.25, -0.2) is 4.98 Å². The first-order valence-corrected chi connectivity index (χ1v) is 12.9. The highest BCUT2D eigenvalue weighted by Gasteiger charge is 2.24. The van der Waals surface area contributed by atoms with Crippen LogP contribution in [0, 0.1) is 0 Å². The number of anilines is 1. The van der Waals surface area contributed by atoms with Gasteiger partial charge < -0.3 is 19.5 Å². The SMILES string of the molecule is CC[C@H](Sc1nc2cc3c(cc2c(=O)n1Cc1ccc(OC)cc1)OCO3)C(=O)Nc1ccc(Cl)cc1. The Morgan fingerprint density at radius 2 is 1.84 bits per heavy atom. The number of amides is 1. The van der Waals surface area contributed by atoms with Crippen LogP contribution in [0.15, 0.2) is 70.6 Å². The molecule has 190 valence electrons. The van der Waals surface area contributed by atoms with Gasteiger partial charge in [-0.1, -0.05) is 42.4 Å². The number of hydrogen-bond acceptors (Lipinski definition) is 7. The molecule has 0 radical (unpaired) electrons. The zero-order valence-electron chi connectivity index (χ0n) is 20.2. The van der Waals surface area contributed by atoms with Gasteiger partial charge in [-0.2, -0.15) is 0 Å². The molecular formula is C27H24ClN3O5S. The first-order chi connectivity index (χ1) is 17.9. The van der Waals surface area contributed by atoms with E-state index in [0.29, 0.717) is 44.7 Å². The third kappa shape index (κ3) is 5.38. The van der Waals surface area contributed by atoms with Gasteiger partial charge in [-0.15, -0.1) is 0 Å². The lowest BCUT2D eigenvalue weighted by Gasteiger charge is -2.18. The summed E-state index contributed by atoms with van der Waals surface area (Å²) in [6.45, 7) is 2.29. The van der Waals surface area contributed by atoms with Gasteiger partial charge in [0.15, 0.2) is 16.7 Å². The van der Waals surface area contributed by atoms with Gasteiger partial charge >= 0.3 is 0 Å². The number of halogens is 1. The maximum absolute atomic E-state index is 13.7. The minimum absolute atomic E-state index is 0.0933. The van der Waals surface area contributed by atoms with E-state index in [0.717, 1.165) is 11.3 Å². The fourth-order valence-corrected chi connectivity index (χ4v) is 5.08. The summed E-state index contributed by atoms with van der Waals surface area (Å²) in [7, 11) is 1.60. The number of aromatic nitrogens is 2. The largest absolute Gasteiger partial charge is 0.497 e. The molecule has 0 saturated carbocycles. The van der Waals surface area contributed by atoms with E-state index in [1.807, 2.05) is 31.2 Å². The molecular weight excluding hydrogens is 514 g/mol. The van der Waals surface area contributed by atoms with E-state index in [9.17, 15) is 9.59 Å². The van der Waals surface area contributed by atoms with Crippen LogP contribution in [-0.2, 0) is 11.3 Å². The molecule has 0 saturated heterocycles. The van der Waals surface area contributed by atoms with Crippen LogP contribution in [0.1, 0.15) is 18.9 Å². The molecule has 5 rings (SSSR count). The van der Waals surface area contributed by atoms with E-state index in [1.54, 1.807) is 48.1 Å². The number of nitrogens with zero attached hydrogens (tertiary/aromatic N) is 2. The van der Waals surface area contributed by atoms with Gasteiger partial charge in [0.25, 0.3) is 5.56 Å². The Kier molecular flexibility index (Phi) is 7.25. The van der Waals surface area contributed by atoms with Crippen molar-refractivity contribution < 1.29 is 19.0 Å². The molecule has 1 amide bonds. The zero-order valence-corrected chi connectivity index (χ0v) is 21.8. The molecule has 4 aromatic rings. The Morgan fingerprint density at radius 1 is 1.14 bits per heavy atom. The topological polar surface area (TPSA) is 91.7 Å². The fraction of sp³-hybridized carbons (Fsp3) is 0.222. The minimum atomic E-state index is -0.490. The van der Waals surface area contributed by atoms with Crippen molar-refractivity contribution >= 4 is 45.9 Å². The first kappa shape index (κ1) is 25.0. The second-order valence-electron chi connectivity index (χ2n) is 8.37. The molecule has 1 N–H and O–H groups in total. The number of thioether (sulfide) groups is 1. The van der Waals surface area contributed by atoms with Crippen molar-refractivity contribution in [1.82, 2.24) is 9.55 Å². The highest BCUT2D eigenvalue weighted by atomic mass is 35.5. The minimum Gasteiger partial charge on any atom is -0.497 e. The van der Waals surface area contributed by atoms with Crippen LogP contribution in [0.4, 0.5) is 5.69 Å². The summed E-state index contributed by atoms with van der Waals surface area (Å²) in [5, 5.41) is 3.87. The molecule has 0 bridgehead atoms. The van der Waals surface area contributed by atoms with Crippen LogP contribution in [0.5, 0.6) is 17.2 Å². The Labute approximate surface area is 222 Å². The number of fused-ring (bicyclic) bond motifs is 2. The highest BCUT2D eigenvalue weighted by molar-refractivity contribution is 8.00. The second kappa shape index (κ2) is 10.7. The van der Waals surface area contributed by atoms with Crippen molar-refractivity contribution in [3.63, 3.8) is 0 Å². The maximum atomic E-state index is 13.7. The smallest absolute Gasteiger partial charge is 0.262 e. The average Bonchev–Trinajstić information content (AvgIpc) is 3.37. The number of carbonyl (C=O) groups excluding carboxylic acids is 1. The van der Waals surface area contributed by atoms with Crippen LogP contribution >= 0.6 is 23.4 Å². The molecule has 1 aliphatic heterocycles. The molecule has 2 heterocycles. The van der Waals surface area contributed by atoms with E-state index in [2.05, 4.69) is 5.32 Å².